The number of rotatable bonds is 7. The van der Waals surface area contributed by atoms with Gasteiger partial charge in [-0.15, -0.1) is 0 Å². The Morgan fingerprint density at radius 1 is 1.43 bits per heavy atom. The molecule has 0 radical (unpaired) electrons. The normalized spacial score (nSPS) is 21.9. The summed E-state index contributed by atoms with van der Waals surface area (Å²) in [6.45, 7) is 9.88. The molecule has 120 valence electrons. The first kappa shape index (κ1) is 16.4. The summed E-state index contributed by atoms with van der Waals surface area (Å²) in [5.74, 6) is 1.54. The van der Waals surface area contributed by atoms with Gasteiger partial charge in [0.05, 0.1) is 19.1 Å². The Hall–Kier alpha value is -0.980. The number of morpholine rings is 1. The first-order valence-electron chi connectivity index (χ1n) is 7.93. The topological polar surface area (TPSA) is 71.6 Å². The van der Waals surface area contributed by atoms with Crippen LogP contribution < -0.4 is 0 Å². The van der Waals surface area contributed by atoms with Gasteiger partial charge in [0.25, 0.3) is 0 Å². The Morgan fingerprint density at radius 2 is 2.24 bits per heavy atom. The lowest BCUT2D eigenvalue weighted by molar-refractivity contribution is -0.0350. The fraction of sp³-hybridized carbons (Fsp3) is 0.867. The zero-order chi connectivity index (χ0) is 15.2. The monoisotopic (exact) mass is 297 g/mol. The van der Waals surface area contributed by atoms with Gasteiger partial charge in [0, 0.05) is 13.1 Å². The molecule has 1 aromatic heterocycles. The summed E-state index contributed by atoms with van der Waals surface area (Å²) in [4.78, 5) is 6.75. The molecule has 1 aromatic rings. The van der Waals surface area contributed by atoms with E-state index in [4.69, 9.17) is 9.26 Å². The highest BCUT2D eigenvalue weighted by molar-refractivity contribution is 4.95. The molecule has 0 spiro atoms. The number of aliphatic hydroxyl groups is 1. The minimum atomic E-state index is -0.429. The zero-order valence-corrected chi connectivity index (χ0v) is 13.3. The van der Waals surface area contributed by atoms with Crippen LogP contribution >= 0.6 is 0 Å². The molecule has 0 aliphatic carbocycles. The maximum atomic E-state index is 9.94. The van der Waals surface area contributed by atoms with Crippen LogP contribution in [-0.2, 0) is 11.2 Å². The van der Waals surface area contributed by atoms with E-state index in [0.29, 0.717) is 30.7 Å². The van der Waals surface area contributed by atoms with Crippen LogP contribution in [0, 0.1) is 5.92 Å². The molecule has 1 fully saturated rings. The summed E-state index contributed by atoms with van der Waals surface area (Å²) in [6.07, 6.45) is 1.73. The molecule has 0 aromatic carbocycles. The molecule has 2 rings (SSSR count). The molecule has 1 aliphatic rings. The Kier molecular flexibility index (Phi) is 6.14. The van der Waals surface area contributed by atoms with Crippen molar-refractivity contribution in [3.05, 3.63) is 11.7 Å². The molecule has 2 heterocycles. The molecular formula is C15H27N3O3. The SMILES string of the molecule is CCCN1CCOC(c2noc(CC(O)CC(C)C)n2)C1. The van der Waals surface area contributed by atoms with Crippen molar-refractivity contribution >= 4 is 0 Å². The molecule has 21 heavy (non-hydrogen) atoms. The third kappa shape index (κ3) is 5.05. The van der Waals surface area contributed by atoms with Gasteiger partial charge in [0.2, 0.25) is 11.7 Å². The number of hydrogen-bond acceptors (Lipinski definition) is 6. The third-order valence-corrected chi connectivity index (χ3v) is 3.62. The fourth-order valence-corrected chi connectivity index (χ4v) is 2.69. The van der Waals surface area contributed by atoms with Gasteiger partial charge in [0.1, 0.15) is 6.10 Å². The van der Waals surface area contributed by atoms with Gasteiger partial charge in [-0.3, -0.25) is 4.90 Å². The predicted molar refractivity (Wildman–Crippen MR) is 78.9 cm³/mol. The average molecular weight is 297 g/mol. The number of aromatic nitrogens is 2. The van der Waals surface area contributed by atoms with E-state index in [0.717, 1.165) is 32.5 Å². The van der Waals surface area contributed by atoms with E-state index in [1.54, 1.807) is 0 Å². The van der Waals surface area contributed by atoms with Gasteiger partial charge < -0.3 is 14.4 Å². The van der Waals surface area contributed by atoms with Gasteiger partial charge >= 0.3 is 0 Å². The maximum Gasteiger partial charge on any atom is 0.229 e. The zero-order valence-electron chi connectivity index (χ0n) is 13.3. The first-order valence-corrected chi connectivity index (χ1v) is 7.93. The fourth-order valence-electron chi connectivity index (χ4n) is 2.69. The summed E-state index contributed by atoms with van der Waals surface area (Å²) >= 11 is 0. The van der Waals surface area contributed by atoms with Crippen molar-refractivity contribution in [2.45, 2.75) is 52.2 Å². The van der Waals surface area contributed by atoms with E-state index in [2.05, 4.69) is 35.8 Å². The number of ether oxygens (including phenoxy) is 1. The van der Waals surface area contributed by atoms with Crippen LogP contribution in [0.2, 0.25) is 0 Å². The van der Waals surface area contributed by atoms with Crippen molar-refractivity contribution in [2.24, 2.45) is 5.92 Å². The van der Waals surface area contributed by atoms with Crippen molar-refractivity contribution in [1.82, 2.24) is 15.0 Å². The van der Waals surface area contributed by atoms with Gasteiger partial charge in [0.15, 0.2) is 0 Å². The van der Waals surface area contributed by atoms with E-state index in [1.165, 1.54) is 0 Å². The Labute approximate surface area is 126 Å². The van der Waals surface area contributed by atoms with Crippen LogP contribution in [0.3, 0.4) is 0 Å². The van der Waals surface area contributed by atoms with Crippen molar-refractivity contribution in [3.63, 3.8) is 0 Å². The Bertz CT molecular complexity index is 420. The molecule has 2 unspecified atom stereocenters. The van der Waals surface area contributed by atoms with Crippen molar-refractivity contribution in [2.75, 3.05) is 26.2 Å². The van der Waals surface area contributed by atoms with Crippen molar-refractivity contribution < 1.29 is 14.4 Å². The van der Waals surface area contributed by atoms with Crippen LogP contribution in [-0.4, -0.2) is 52.5 Å². The van der Waals surface area contributed by atoms with Crippen LogP contribution in [0.1, 0.15) is 51.4 Å². The molecule has 1 N–H and O–H groups in total. The highest BCUT2D eigenvalue weighted by Crippen LogP contribution is 2.20. The Morgan fingerprint density at radius 3 is 2.95 bits per heavy atom. The smallest absolute Gasteiger partial charge is 0.229 e. The molecule has 0 bridgehead atoms. The number of aliphatic hydroxyl groups excluding tert-OH is 1. The number of nitrogens with zero attached hydrogens (tertiary/aromatic N) is 3. The lowest BCUT2D eigenvalue weighted by atomic mass is 10.0. The van der Waals surface area contributed by atoms with E-state index >= 15 is 0 Å². The summed E-state index contributed by atoms with van der Waals surface area (Å²) in [5.41, 5.74) is 0. The van der Waals surface area contributed by atoms with Crippen molar-refractivity contribution in [1.29, 1.82) is 0 Å². The number of hydrogen-bond donors (Lipinski definition) is 1. The highest BCUT2D eigenvalue weighted by Gasteiger charge is 2.26. The minimum Gasteiger partial charge on any atom is -0.393 e. The molecule has 1 aliphatic heterocycles. The molecule has 0 amide bonds. The quantitative estimate of drug-likeness (QED) is 0.827. The molecular weight excluding hydrogens is 270 g/mol. The molecule has 6 nitrogen and oxygen atoms in total. The highest BCUT2D eigenvalue weighted by atomic mass is 16.5. The molecule has 0 saturated carbocycles. The maximum absolute atomic E-state index is 9.94. The van der Waals surface area contributed by atoms with Crippen LogP contribution in [0.4, 0.5) is 0 Å². The second-order valence-corrected chi connectivity index (χ2v) is 6.19. The lowest BCUT2D eigenvalue weighted by Gasteiger charge is -2.30. The second-order valence-electron chi connectivity index (χ2n) is 6.19. The van der Waals surface area contributed by atoms with Crippen LogP contribution in [0.25, 0.3) is 0 Å². The van der Waals surface area contributed by atoms with E-state index in [-0.39, 0.29) is 6.10 Å². The summed E-state index contributed by atoms with van der Waals surface area (Å²) < 4.78 is 11.0. The van der Waals surface area contributed by atoms with Gasteiger partial charge in [-0.1, -0.05) is 25.9 Å². The van der Waals surface area contributed by atoms with Gasteiger partial charge in [-0.05, 0) is 25.3 Å². The first-order chi connectivity index (χ1) is 10.1. The summed E-state index contributed by atoms with van der Waals surface area (Å²) in [7, 11) is 0. The third-order valence-electron chi connectivity index (χ3n) is 3.62. The lowest BCUT2D eigenvalue weighted by Crippen LogP contribution is -2.39. The minimum absolute atomic E-state index is 0.120. The second kappa shape index (κ2) is 7.87. The molecule has 2 atom stereocenters. The van der Waals surface area contributed by atoms with Crippen LogP contribution in [0.5, 0.6) is 0 Å². The van der Waals surface area contributed by atoms with Crippen LogP contribution in [0.15, 0.2) is 4.52 Å². The van der Waals surface area contributed by atoms with Gasteiger partial charge in [-0.2, -0.15) is 4.98 Å². The van der Waals surface area contributed by atoms with E-state index in [9.17, 15) is 5.11 Å². The average Bonchev–Trinajstić information content (AvgIpc) is 2.87. The summed E-state index contributed by atoms with van der Waals surface area (Å²) in [5, 5.41) is 14.0. The standard InChI is InChI=1S/C15H27N3O3/c1-4-5-18-6-7-20-13(10-18)15-16-14(21-17-15)9-12(19)8-11(2)3/h11-13,19H,4-10H2,1-3H3. The molecule has 6 heteroatoms. The predicted octanol–water partition coefficient (Wildman–Crippen LogP) is 1.80. The van der Waals surface area contributed by atoms with Crippen molar-refractivity contribution in [3.8, 4) is 0 Å². The van der Waals surface area contributed by atoms with E-state index in [1.807, 2.05) is 0 Å². The largest absolute Gasteiger partial charge is 0.393 e. The van der Waals surface area contributed by atoms with Gasteiger partial charge in [-0.25, -0.2) is 0 Å². The summed E-state index contributed by atoms with van der Waals surface area (Å²) in [6, 6.07) is 0. The Balaban J connectivity index is 1.90. The molecule has 1 saturated heterocycles. The van der Waals surface area contributed by atoms with E-state index < -0.39 is 6.10 Å².